The fourth-order valence-electron chi connectivity index (χ4n) is 2.54. The number of fused-ring (bicyclic) bond motifs is 2. The molecule has 0 spiro atoms. The van der Waals surface area contributed by atoms with Gasteiger partial charge in [-0.25, -0.2) is 4.98 Å². The number of imidazole rings is 1. The summed E-state index contributed by atoms with van der Waals surface area (Å²) in [4.78, 5) is 4.60. The molecule has 5 nitrogen and oxygen atoms in total. The van der Waals surface area contributed by atoms with E-state index in [2.05, 4.69) is 4.98 Å². The first-order chi connectivity index (χ1) is 10.3. The van der Waals surface area contributed by atoms with E-state index in [0.29, 0.717) is 19.0 Å². The van der Waals surface area contributed by atoms with Crippen molar-refractivity contribution in [2.45, 2.75) is 6.42 Å². The van der Waals surface area contributed by atoms with Crippen molar-refractivity contribution >= 4 is 11.5 Å². The zero-order chi connectivity index (χ0) is 14.2. The summed E-state index contributed by atoms with van der Waals surface area (Å²) in [6.07, 6.45) is 2.80. The normalized spacial score (nSPS) is 14.1. The number of ether oxygens (including phenoxy) is 2. The van der Waals surface area contributed by atoms with E-state index in [9.17, 15) is 0 Å². The minimum atomic E-state index is 0.625. The van der Waals surface area contributed by atoms with Gasteiger partial charge >= 0.3 is 0 Å². The third kappa shape index (κ3) is 1.98. The van der Waals surface area contributed by atoms with Gasteiger partial charge in [0.1, 0.15) is 17.2 Å². The lowest BCUT2D eigenvalue weighted by Gasteiger charge is -2.08. The first-order valence-electron chi connectivity index (χ1n) is 6.95. The number of benzene rings is 1. The first-order valence-corrected chi connectivity index (χ1v) is 6.95. The number of nitrogens with two attached hydrogens (primary N) is 1. The fraction of sp³-hybridized carbons (Fsp3) is 0.188. The van der Waals surface area contributed by atoms with Crippen LogP contribution in [0.2, 0.25) is 0 Å². The fourth-order valence-corrected chi connectivity index (χ4v) is 2.54. The summed E-state index contributed by atoms with van der Waals surface area (Å²) < 4.78 is 13.2. The number of hydrogen-bond acceptors (Lipinski definition) is 4. The lowest BCUT2D eigenvalue weighted by molar-refractivity contribution is 0.297. The van der Waals surface area contributed by atoms with Gasteiger partial charge < -0.3 is 15.2 Å². The maximum Gasteiger partial charge on any atom is 0.161 e. The Bertz CT molecular complexity index is 810. The number of anilines is 1. The van der Waals surface area contributed by atoms with Crippen LogP contribution in [0, 0.1) is 0 Å². The average molecular weight is 281 g/mol. The molecule has 0 bridgehead atoms. The maximum atomic E-state index is 6.21. The molecule has 0 unspecified atom stereocenters. The highest BCUT2D eigenvalue weighted by atomic mass is 16.5. The molecule has 1 aliphatic heterocycles. The Morgan fingerprint density at radius 2 is 1.90 bits per heavy atom. The zero-order valence-electron chi connectivity index (χ0n) is 11.5. The van der Waals surface area contributed by atoms with Gasteiger partial charge in [-0.2, -0.15) is 0 Å². The zero-order valence-corrected chi connectivity index (χ0v) is 11.5. The van der Waals surface area contributed by atoms with Gasteiger partial charge in [0.25, 0.3) is 0 Å². The van der Waals surface area contributed by atoms with Gasteiger partial charge in [-0.05, 0) is 30.3 Å². The van der Waals surface area contributed by atoms with Crippen LogP contribution in [-0.4, -0.2) is 22.6 Å². The van der Waals surface area contributed by atoms with Gasteiger partial charge in [0, 0.05) is 18.2 Å². The molecule has 0 fully saturated rings. The molecule has 1 aliphatic rings. The van der Waals surface area contributed by atoms with E-state index in [1.54, 1.807) is 0 Å². The standard InChI is InChI=1S/C16H15N3O2/c17-16-15(18-14-4-1-2-7-19(14)16)11-5-6-12-13(10-11)21-9-3-8-20-12/h1-2,4-7,10H,3,8-9,17H2. The van der Waals surface area contributed by atoms with Gasteiger partial charge in [-0.1, -0.05) is 6.07 Å². The molecule has 2 aromatic heterocycles. The molecule has 0 atom stereocenters. The molecule has 3 aromatic rings. The van der Waals surface area contributed by atoms with Crippen molar-refractivity contribution in [2.75, 3.05) is 18.9 Å². The van der Waals surface area contributed by atoms with Gasteiger partial charge in [-0.3, -0.25) is 4.40 Å². The molecule has 1 aromatic carbocycles. The van der Waals surface area contributed by atoms with Gasteiger partial charge in [-0.15, -0.1) is 0 Å². The van der Waals surface area contributed by atoms with Crippen molar-refractivity contribution in [2.24, 2.45) is 0 Å². The van der Waals surface area contributed by atoms with E-state index in [1.807, 2.05) is 47.0 Å². The number of aromatic nitrogens is 2. The highest BCUT2D eigenvalue weighted by molar-refractivity contribution is 5.76. The Labute approximate surface area is 121 Å². The first kappa shape index (κ1) is 12.1. The second kappa shape index (κ2) is 4.70. The Morgan fingerprint density at radius 1 is 1.05 bits per heavy atom. The molecule has 4 rings (SSSR count). The quantitative estimate of drug-likeness (QED) is 0.745. The molecular formula is C16H15N3O2. The van der Waals surface area contributed by atoms with Crippen LogP contribution < -0.4 is 15.2 Å². The highest BCUT2D eigenvalue weighted by Gasteiger charge is 2.15. The molecule has 0 amide bonds. The number of nitrogens with zero attached hydrogens (tertiary/aromatic N) is 2. The predicted molar refractivity (Wildman–Crippen MR) is 80.6 cm³/mol. The Hall–Kier alpha value is -2.69. The van der Waals surface area contributed by atoms with Crippen molar-refractivity contribution in [1.82, 2.24) is 9.38 Å². The Balaban J connectivity index is 1.85. The number of rotatable bonds is 1. The van der Waals surface area contributed by atoms with Crippen LogP contribution in [-0.2, 0) is 0 Å². The van der Waals surface area contributed by atoms with E-state index >= 15 is 0 Å². The van der Waals surface area contributed by atoms with Gasteiger partial charge in [0.05, 0.1) is 13.2 Å². The largest absolute Gasteiger partial charge is 0.490 e. The summed E-state index contributed by atoms with van der Waals surface area (Å²) in [5.41, 5.74) is 8.73. The van der Waals surface area contributed by atoms with Crippen LogP contribution in [0.5, 0.6) is 11.5 Å². The van der Waals surface area contributed by atoms with Crippen molar-refractivity contribution < 1.29 is 9.47 Å². The summed E-state index contributed by atoms with van der Waals surface area (Å²) in [5.74, 6) is 2.15. The second-order valence-electron chi connectivity index (χ2n) is 4.99. The van der Waals surface area contributed by atoms with Gasteiger partial charge in [0.15, 0.2) is 11.5 Å². The summed E-state index contributed by atoms with van der Waals surface area (Å²) >= 11 is 0. The van der Waals surface area contributed by atoms with Crippen molar-refractivity contribution in [3.05, 3.63) is 42.6 Å². The number of nitrogen functional groups attached to an aromatic ring is 1. The Morgan fingerprint density at radius 3 is 2.76 bits per heavy atom. The number of pyridine rings is 1. The van der Waals surface area contributed by atoms with Crippen LogP contribution in [0.4, 0.5) is 5.82 Å². The minimum absolute atomic E-state index is 0.625. The second-order valence-corrected chi connectivity index (χ2v) is 4.99. The maximum absolute atomic E-state index is 6.21. The van der Waals surface area contributed by atoms with E-state index < -0.39 is 0 Å². The topological polar surface area (TPSA) is 61.8 Å². The summed E-state index contributed by atoms with van der Waals surface area (Å²) in [6.45, 7) is 1.35. The van der Waals surface area contributed by atoms with E-state index in [-0.39, 0.29) is 0 Å². The van der Waals surface area contributed by atoms with Crippen LogP contribution in [0.3, 0.4) is 0 Å². The van der Waals surface area contributed by atoms with Crippen LogP contribution in [0.25, 0.3) is 16.9 Å². The molecule has 106 valence electrons. The Kier molecular flexibility index (Phi) is 2.70. The van der Waals surface area contributed by atoms with Crippen LogP contribution in [0.1, 0.15) is 6.42 Å². The van der Waals surface area contributed by atoms with Crippen molar-refractivity contribution in [3.8, 4) is 22.8 Å². The summed E-state index contributed by atoms with van der Waals surface area (Å²) in [5, 5.41) is 0. The molecule has 0 radical (unpaired) electrons. The smallest absolute Gasteiger partial charge is 0.161 e. The van der Waals surface area contributed by atoms with E-state index in [4.69, 9.17) is 15.2 Å². The van der Waals surface area contributed by atoms with E-state index in [0.717, 1.165) is 34.8 Å². The average Bonchev–Trinajstić information content (AvgIpc) is 2.71. The molecule has 2 N–H and O–H groups in total. The van der Waals surface area contributed by atoms with Crippen molar-refractivity contribution in [3.63, 3.8) is 0 Å². The SMILES string of the molecule is Nc1c(-c2ccc3c(c2)OCCCO3)nc2ccccn12. The molecule has 0 saturated carbocycles. The van der Waals surface area contributed by atoms with Crippen LogP contribution >= 0.6 is 0 Å². The van der Waals surface area contributed by atoms with Crippen molar-refractivity contribution in [1.29, 1.82) is 0 Å². The number of hydrogen-bond donors (Lipinski definition) is 1. The lowest BCUT2D eigenvalue weighted by atomic mass is 10.1. The van der Waals surface area contributed by atoms with E-state index in [1.165, 1.54) is 0 Å². The molecular weight excluding hydrogens is 266 g/mol. The molecule has 3 heterocycles. The molecule has 21 heavy (non-hydrogen) atoms. The molecule has 0 saturated heterocycles. The van der Waals surface area contributed by atoms with Crippen LogP contribution in [0.15, 0.2) is 42.6 Å². The lowest BCUT2D eigenvalue weighted by Crippen LogP contribution is -1.97. The highest BCUT2D eigenvalue weighted by Crippen LogP contribution is 2.35. The third-order valence-electron chi connectivity index (χ3n) is 3.59. The minimum Gasteiger partial charge on any atom is -0.490 e. The molecule has 5 heteroatoms. The summed E-state index contributed by atoms with van der Waals surface area (Å²) in [6, 6.07) is 11.6. The molecule has 0 aliphatic carbocycles. The predicted octanol–water partition coefficient (Wildman–Crippen LogP) is 2.74. The summed E-state index contributed by atoms with van der Waals surface area (Å²) in [7, 11) is 0. The monoisotopic (exact) mass is 281 g/mol. The van der Waals surface area contributed by atoms with Gasteiger partial charge in [0.2, 0.25) is 0 Å². The third-order valence-corrected chi connectivity index (χ3v) is 3.59.